The van der Waals surface area contributed by atoms with E-state index in [1.807, 2.05) is 24.8 Å². The van der Waals surface area contributed by atoms with Crippen molar-refractivity contribution in [2.45, 2.75) is 45.7 Å². The van der Waals surface area contributed by atoms with Crippen LogP contribution in [0.25, 0.3) is 10.4 Å². The van der Waals surface area contributed by atoms with Crippen LogP contribution in [-0.4, -0.2) is 29.4 Å². The molecule has 2 heterocycles. The maximum atomic E-state index is 12.5. The molecule has 0 aliphatic carbocycles. The van der Waals surface area contributed by atoms with Gasteiger partial charge in [0.1, 0.15) is 0 Å². The Kier molecular flexibility index (Phi) is 5.07. The van der Waals surface area contributed by atoms with E-state index in [1.165, 1.54) is 21.6 Å². The van der Waals surface area contributed by atoms with Gasteiger partial charge in [0.25, 0.3) is 0 Å². The minimum absolute atomic E-state index is 0.0289. The van der Waals surface area contributed by atoms with Gasteiger partial charge in [0.05, 0.1) is 6.04 Å². The van der Waals surface area contributed by atoms with E-state index in [-0.39, 0.29) is 23.9 Å². The van der Waals surface area contributed by atoms with E-state index in [1.54, 1.807) is 11.3 Å². The topological polar surface area (TPSA) is 46.3 Å². The fourth-order valence-corrected chi connectivity index (χ4v) is 4.61. The van der Waals surface area contributed by atoms with Gasteiger partial charge in [-0.25, -0.2) is 0 Å². The highest BCUT2D eigenvalue weighted by molar-refractivity contribution is 7.14. The Hall–Kier alpha value is -1.65. The van der Waals surface area contributed by atoms with E-state index < -0.39 is 0 Å². The number of hydrogen-bond acceptors (Lipinski definition) is 3. The number of thiophene rings is 1. The number of benzene rings is 1. The predicted octanol–water partition coefficient (Wildman–Crippen LogP) is 3.85. The molecule has 1 aliphatic heterocycles. The van der Waals surface area contributed by atoms with E-state index in [0.29, 0.717) is 0 Å². The molecule has 2 unspecified atom stereocenters. The second-order valence-corrected chi connectivity index (χ2v) is 7.87. The summed E-state index contributed by atoms with van der Waals surface area (Å²) in [6.07, 6.45) is 1.76. The third-order valence-electron chi connectivity index (χ3n) is 4.98. The Bertz CT molecular complexity index is 708. The first-order chi connectivity index (χ1) is 11.5. The monoisotopic (exact) mass is 342 g/mol. The van der Waals surface area contributed by atoms with Crippen molar-refractivity contribution in [1.29, 1.82) is 0 Å². The summed E-state index contributed by atoms with van der Waals surface area (Å²) in [6.45, 7) is 6.90. The average molecular weight is 343 g/mol. The van der Waals surface area contributed by atoms with E-state index in [2.05, 4.69) is 36.6 Å². The number of carbonyl (C=O) groups excluding carboxylic acids is 1. The summed E-state index contributed by atoms with van der Waals surface area (Å²) in [5.41, 5.74) is 10.2. The minimum atomic E-state index is 0.0289. The molecular weight excluding hydrogens is 316 g/mol. The number of amides is 1. The Morgan fingerprint density at radius 1 is 1.33 bits per heavy atom. The summed E-state index contributed by atoms with van der Waals surface area (Å²) in [5.74, 6) is 0.255. The predicted molar refractivity (Wildman–Crippen MR) is 101 cm³/mol. The van der Waals surface area contributed by atoms with E-state index in [4.69, 9.17) is 5.73 Å². The molecule has 1 fully saturated rings. The van der Waals surface area contributed by atoms with Gasteiger partial charge in [0, 0.05) is 23.4 Å². The lowest BCUT2D eigenvalue weighted by molar-refractivity contribution is -0.135. The molecule has 3 rings (SSSR count). The van der Waals surface area contributed by atoms with Crippen molar-refractivity contribution >= 4 is 17.2 Å². The first-order valence-corrected chi connectivity index (χ1v) is 9.55. The fraction of sp³-hybridized carbons (Fsp3) is 0.450. The van der Waals surface area contributed by atoms with Crippen LogP contribution < -0.4 is 5.73 Å². The van der Waals surface area contributed by atoms with Crippen LogP contribution in [0.2, 0.25) is 0 Å². The zero-order valence-corrected chi connectivity index (χ0v) is 15.5. The lowest BCUT2D eigenvalue weighted by Gasteiger charge is -2.28. The van der Waals surface area contributed by atoms with Crippen molar-refractivity contribution in [2.24, 2.45) is 11.7 Å². The molecule has 2 atom stereocenters. The number of hydrogen-bond donors (Lipinski definition) is 1. The minimum Gasteiger partial charge on any atom is -0.338 e. The first kappa shape index (κ1) is 17.2. The van der Waals surface area contributed by atoms with Crippen LogP contribution in [0.5, 0.6) is 0 Å². The number of nitrogens with two attached hydrogens (primary N) is 1. The second-order valence-electron chi connectivity index (χ2n) is 6.99. The highest BCUT2D eigenvalue weighted by atomic mass is 32.1. The second kappa shape index (κ2) is 7.08. The van der Waals surface area contributed by atoms with E-state index >= 15 is 0 Å². The van der Waals surface area contributed by atoms with Gasteiger partial charge in [0.15, 0.2) is 0 Å². The maximum absolute atomic E-state index is 12.5. The molecular formula is C20H26N2OS. The summed E-state index contributed by atoms with van der Waals surface area (Å²) in [6, 6.07) is 10.7. The van der Waals surface area contributed by atoms with Crippen molar-refractivity contribution < 1.29 is 4.79 Å². The summed E-state index contributed by atoms with van der Waals surface area (Å²) in [5, 5.41) is 2.24. The molecule has 2 aromatic rings. The van der Waals surface area contributed by atoms with Crippen molar-refractivity contribution in [2.75, 3.05) is 6.54 Å². The Balaban J connectivity index is 1.83. The van der Waals surface area contributed by atoms with Crippen molar-refractivity contribution in [3.8, 4) is 10.4 Å². The summed E-state index contributed by atoms with van der Waals surface area (Å²) < 4.78 is 0. The number of likely N-dealkylation sites (tertiary alicyclic amines) is 1. The van der Waals surface area contributed by atoms with Gasteiger partial charge in [-0.05, 0) is 41.8 Å². The van der Waals surface area contributed by atoms with Crippen LogP contribution in [0.15, 0.2) is 35.7 Å². The van der Waals surface area contributed by atoms with Gasteiger partial charge in [0.2, 0.25) is 5.91 Å². The van der Waals surface area contributed by atoms with Crippen LogP contribution in [-0.2, 0) is 11.2 Å². The van der Waals surface area contributed by atoms with Crippen LogP contribution in [0, 0.1) is 12.8 Å². The van der Waals surface area contributed by atoms with Crippen LogP contribution in [0.1, 0.15) is 31.4 Å². The van der Waals surface area contributed by atoms with Gasteiger partial charge in [-0.3, -0.25) is 4.79 Å². The van der Waals surface area contributed by atoms with Crippen LogP contribution in [0.3, 0.4) is 0 Å². The summed E-state index contributed by atoms with van der Waals surface area (Å²) >= 11 is 1.79. The number of nitrogens with zero attached hydrogens (tertiary/aromatic N) is 1. The molecule has 0 saturated carbocycles. The maximum Gasteiger partial charge on any atom is 0.225 e. The SMILES string of the molecule is Cc1c(CC2C(N)CCN2C(=O)C(C)C)csc1-c1ccccc1. The molecule has 24 heavy (non-hydrogen) atoms. The number of carbonyl (C=O) groups is 1. The lowest BCUT2D eigenvalue weighted by Crippen LogP contribution is -2.45. The van der Waals surface area contributed by atoms with Crippen LogP contribution in [0.4, 0.5) is 0 Å². The molecule has 1 aromatic carbocycles. The Morgan fingerprint density at radius 3 is 2.71 bits per heavy atom. The standard InChI is InChI=1S/C20H26N2OS/c1-13(2)20(23)22-10-9-17(21)18(22)11-16-12-24-19(14(16)3)15-7-5-4-6-8-15/h4-8,12-13,17-18H,9-11,21H2,1-3H3. The van der Waals surface area contributed by atoms with Gasteiger partial charge >= 0.3 is 0 Å². The van der Waals surface area contributed by atoms with Gasteiger partial charge < -0.3 is 10.6 Å². The smallest absolute Gasteiger partial charge is 0.225 e. The molecule has 1 aliphatic rings. The third-order valence-corrected chi connectivity index (χ3v) is 6.16. The first-order valence-electron chi connectivity index (χ1n) is 8.67. The lowest BCUT2D eigenvalue weighted by atomic mass is 9.98. The third kappa shape index (κ3) is 3.26. The zero-order chi connectivity index (χ0) is 17.3. The van der Waals surface area contributed by atoms with E-state index in [9.17, 15) is 4.79 Å². The highest BCUT2D eigenvalue weighted by Gasteiger charge is 2.36. The molecule has 1 amide bonds. The van der Waals surface area contributed by atoms with Gasteiger partial charge in [-0.2, -0.15) is 0 Å². The molecule has 3 nitrogen and oxygen atoms in total. The molecule has 1 aromatic heterocycles. The molecule has 0 radical (unpaired) electrons. The molecule has 128 valence electrons. The van der Waals surface area contributed by atoms with Crippen molar-refractivity contribution in [3.63, 3.8) is 0 Å². The average Bonchev–Trinajstić information content (AvgIpc) is 3.12. The van der Waals surface area contributed by atoms with E-state index in [0.717, 1.165) is 19.4 Å². The molecule has 0 bridgehead atoms. The molecule has 1 saturated heterocycles. The van der Waals surface area contributed by atoms with Crippen molar-refractivity contribution in [1.82, 2.24) is 4.90 Å². The number of rotatable bonds is 4. The fourth-order valence-electron chi connectivity index (χ4n) is 3.50. The summed E-state index contributed by atoms with van der Waals surface area (Å²) in [7, 11) is 0. The Labute approximate surface area is 148 Å². The van der Waals surface area contributed by atoms with Crippen molar-refractivity contribution in [3.05, 3.63) is 46.8 Å². The van der Waals surface area contributed by atoms with Gasteiger partial charge in [-0.1, -0.05) is 44.2 Å². The summed E-state index contributed by atoms with van der Waals surface area (Å²) in [4.78, 5) is 15.8. The highest BCUT2D eigenvalue weighted by Crippen LogP contribution is 2.34. The normalized spacial score (nSPS) is 20.8. The van der Waals surface area contributed by atoms with Crippen LogP contribution >= 0.6 is 11.3 Å². The largest absolute Gasteiger partial charge is 0.338 e. The Morgan fingerprint density at radius 2 is 2.04 bits per heavy atom. The molecule has 4 heteroatoms. The van der Waals surface area contributed by atoms with Gasteiger partial charge in [-0.15, -0.1) is 11.3 Å². The molecule has 0 spiro atoms. The molecule has 2 N–H and O–H groups in total. The quantitative estimate of drug-likeness (QED) is 0.917. The zero-order valence-electron chi connectivity index (χ0n) is 14.7.